The van der Waals surface area contributed by atoms with Crippen LogP contribution in [0.15, 0.2) is 255 Å². The fraction of sp³-hybridized carbons (Fsp3) is 0.0405. The zero-order valence-corrected chi connectivity index (χ0v) is 43.3. The van der Waals surface area contributed by atoms with E-state index in [0.29, 0.717) is 23.5 Å². The van der Waals surface area contributed by atoms with Crippen LogP contribution in [0.1, 0.15) is 18.2 Å². The zero-order valence-electron chi connectivity index (χ0n) is 43.3. The van der Waals surface area contributed by atoms with Gasteiger partial charge in [-0.2, -0.15) is 9.97 Å². The van der Waals surface area contributed by atoms with Gasteiger partial charge in [-0.3, -0.25) is 4.57 Å². The first-order valence-electron chi connectivity index (χ1n) is 27.3. The lowest BCUT2D eigenvalue weighted by atomic mass is 9.85. The van der Waals surface area contributed by atoms with Gasteiger partial charge in [0.05, 0.1) is 16.6 Å². The molecule has 5 heteroatoms. The number of benzene rings is 12. The topological polar surface area (TPSA) is 48.5 Å². The van der Waals surface area contributed by atoms with Crippen LogP contribution in [0.5, 0.6) is 0 Å². The molecule has 0 radical (unpaired) electrons. The molecule has 1 atom stereocenters. The second kappa shape index (κ2) is 17.9. The molecule has 5 nitrogen and oxygen atoms in total. The number of hydrogen-bond acceptors (Lipinski definition) is 3. The van der Waals surface area contributed by atoms with E-state index in [1.165, 1.54) is 98.3 Å². The van der Waals surface area contributed by atoms with Crippen LogP contribution in [-0.2, 0) is 6.42 Å². The molecule has 3 aromatic heterocycles. The molecule has 1 aliphatic rings. The quantitative estimate of drug-likeness (QED) is 0.118. The highest BCUT2D eigenvalue weighted by Gasteiger charge is 2.28. The molecular weight excluding hydrogens is 959 g/mol. The normalized spacial score (nSPS) is 13.4. The van der Waals surface area contributed by atoms with Gasteiger partial charge in [0.1, 0.15) is 0 Å². The largest absolute Gasteiger partial charge is 0.307 e. The predicted octanol–water partition coefficient (Wildman–Crippen LogP) is 19.1. The Morgan fingerprint density at radius 3 is 1.58 bits per heavy atom. The first-order chi connectivity index (χ1) is 39.1. The molecule has 15 aromatic rings. The van der Waals surface area contributed by atoms with E-state index in [9.17, 15) is 0 Å². The number of hydrogen-bond donors (Lipinski definition) is 0. The second-order valence-electron chi connectivity index (χ2n) is 21.1. The molecule has 0 saturated heterocycles. The summed E-state index contributed by atoms with van der Waals surface area (Å²) in [5.41, 5.74) is 16.0. The number of rotatable bonds is 7. The zero-order chi connectivity index (χ0) is 52.1. The first kappa shape index (κ1) is 45.0. The predicted molar refractivity (Wildman–Crippen MR) is 330 cm³/mol. The third kappa shape index (κ3) is 7.13. The van der Waals surface area contributed by atoms with Crippen LogP contribution < -0.4 is 0 Å². The van der Waals surface area contributed by atoms with Gasteiger partial charge < -0.3 is 4.57 Å². The third-order valence-electron chi connectivity index (χ3n) is 16.5. The van der Waals surface area contributed by atoms with Gasteiger partial charge in [-0.05, 0) is 113 Å². The van der Waals surface area contributed by atoms with Gasteiger partial charge in [0.15, 0.2) is 11.6 Å². The van der Waals surface area contributed by atoms with Gasteiger partial charge in [-0.15, -0.1) is 0 Å². The van der Waals surface area contributed by atoms with Crippen LogP contribution in [-0.4, -0.2) is 24.1 Å². The maximum Gasteiger partial charge on any atom is 0.238 e. The highest BCUT2D eigenvalue weighted by atomic mass is 15.2. The van der Waals surface area contributed by atoms with Crippen molar-refractivity contribution in [2.75, 3.05) is 0 Å². The van der Waals surface area contributed by atoms with Gasteiger partial charge in [0, 0.05) is 44.2 Å². The Balaban J connectivity index is 0.851. The number of nitrogens with zero attached hydrogens (tertiary/aromatic N) is 5. The van der Waals surface area contributed by atoms with Crippen LogP contribution in [0.2, 0.25) is 0 Å². The summed E-state index contributed by atoms with van der Waals surface area (Å²) in [5, 5.41) is 13.4. The smallest absolute Gasteiger partial charge is 0.238 e. The Bertz CT molecular complexity index is 4920. The van der Waals surface area contributed by atoms with Crippen LogP contribution in [0.4, 0.5) is 0 Å². The van der Waals surface area contributed by atoms with Gasteiger partial charge in [0.2, 0.25) is 5.95 Å². The van der Waals surface area contributed by atoms with Gasteiger partial charge >= 0.3 is 0 Å². The lowest BCUT2D eigenvalue weighted by Gasteiger charge is -2.18. The van der Waals surface area contributed by atoms with Crippen LogP contribution in [0.3, 0.4) is 0 Å². The molecule has 16 rings (SSSR count). The molecular formula is C74H49N5. The van der Waals surface area contributed by atoms with Crippen LogP contribution in [0, 0.1) is 5.92 Å². The Morgan fingerprint density at radius 1 is 0.367 bits per heavy atom. The molecule has 0 amide bonds. The average Bonchev–Trinajstić information content (AvgIpc) is 4.12. The molecule has 370 valence electrons. The standard InChI is InChI=1S/C74H49N5/c1-46-32-40-58-64-43-42-63-57-24-15-16-31-66(57)78(53-22-9-4-10-23-53)70(63)71(64)79(67(58)44-46)74-76-72(50-20-7-3-8-21-50)75-73(77-74)51-36-33-47(34-37-51)54-29-17-30-55-56(54)41-39-48-35-38-52(45-65(48)55)69-61-27-13-11-25-59(61)68(49-18-5-2-6-19-49)60-26-12-14-28-62(60)69/h2-43,45-46H,44H2,1H3. The molecule has 0 bridgehead atoms. The van der Waals surface area contributed by atoms with E-state index in [2.05, 4.69) is 271 Å². The summed E-state index contributed by atoms with van der Waals surface area (Å²) < 4.78 is 4.78. The lowest BCUT2D eigenvalue weighted by molar-refractivity contribution is 0.684. The maximum absolute atomic E-state index is 5.50. The molecule has 1 unspecified atom stereocenters. The van der Waals surface area contributed by atoms with Crippen molar-refractivity contribution in [1.82, 2.24) is 24.1 Å². The van der Waals surface area contributed by atoms with E-state index >= 15 is 0 Å². The van der Waals surface area contributed by atoms with Crippen molar-refractivity contribution in [3.63, 3.8) is 0 Å². The minimum absolute atomic E-state index is 0.334. The van der Waals surface area contributed by atoms with Crippen molar-refractivity contribution in [2.24, 2.45) is 5.92 Å². The summed E-state index contributed by atoms with van der Waals surface area (Å²) in [6, 6.07) is 90.1. The number of para-hydroxylation sites is 2. The Labute approximate surface area is 456 Å². The summed E-state index contributed by atoms with van der Waals surface area (Å²) in [4.78, 5) is 16.2. The van der Waals surface area contributed by atoms with Gasteiger partial charge in [-0.25, -0.2) is 4.98 Å². The third-order valence-corrected chi connectivity index (χ3v) is 16.5. The van der Waals surface area contributed by atoms with E-state index in [1.54, 1.807) is 0 Å². The monoisotopic (exact) mass is 1010 g/mol. The van der Waals surface area contributed by atoms with Crippen molar-refractivity contribution in [1.29, 1.82) is 0 Å². The van der Waals surface area contributed by atoms with E-state index in [1.807, 2.05) is 6.07 Å². The first-order valence-corrected chi connectivity index (χ1v) is 27.3. The highest BCUT2D eigenvalue weighted by molar-refractivity contribution is 6.23. The second-order valence-corrected chi connectivity index (χ2v) is 21.1. The summed E-state index contributed by atoms with van der Waals surface area (Å²) in [6.07, 6.45) is 5.50. The highest BCUT2D eigenvalue weighted by Crippen LogP contribution is 2.46. The molecule has 0 fully saturated rings. The Morgan fingerprint density at radius 2 is 0.886 bits per heavy atom. The minimum Gasteiger partial charge on any atom is -0.307 e. The van der Waals surface area contributed by atoms with Crippen molar-refractivity contribution >= 4 is 81.9 Å². The number of aromatic nitrogens is 5. The SMILES string of the molecule is CC1C=Cc2c(n(-c3nc(-c4ccccc4)nc(-c4ccc(-c5cccc6c5ccc5ccc(-c7c8ccccc8c(-c8ccccc8)c8ccccc78)cc56)cc4)n3)c3c2ccc2c4ccccc4n(-c4ccccc4)c23)C1. The van der Waals surface area contributed by atoms with Crippen molar-refractivity contribution in [3.05, 3.63) is 266 Å². The van der Waals surface area contributed by atoms with Crippen LogP contribution in [0.25, 0.3) is 150 Å². The number of fused-ring (bicyclic) bond motifs is 12. The Kier molecular flexibility index (Phi) is 10.2. The van der Waals surface area contributed by atoms with Crippen LogP contribution >= 0.6 is 0 Å². The summed E-state index contributed by atoms with van der Waals surface area (Å²) >= 11 is 0. The fourth-order valence-corrected chi connectivity index (χ4v) is 12.9. The number of allylic oxidation sites excluding steroid dienone is 1. The van der Waals surface area contributed by atoms with Crippen molar-refractivity contribution < 1.29 is 0 Å². The van der Waals surface area contributed by atoms with E-state index in [4.69, 9.17) is 15.0 Å². The average molecular weight is 1010 g/mol. The molecule has 0 N–H and O–H groups in total. The van der Waals surface area contributed by atoms with Crippen molar-refractivity contribution in [2.45, 2.75) is 13.3 Å². The van der Waals surface area contributed by atoms with Gasteiger partial charge in [0.25, 0.3) is 0 Å². The molecule has 12 aromatic carbocycles. The maximum atomic E-state index is 5.50. The van der Waals surface area contributed by atoms with Gasteiger partial charge in [-0.1, -0.05) is 244 Å². The van der Waals surface area contributed by atoms with E-state index in [0.717, 1.165) is 45.3 Å². The summed E-state index contributed by atoms with van der Waals surface area (Å²) in [7, 11) is 0. The Hall–Kier alpha value is -10.2. The molecule has 1 aliphatic carbocycles. The van der Waals surface area contributed by atoms with E-state index < -0.39 is 0 Å². The molecule has 3 heterocycles. The summed E-state index contributed by atoms with van der Waals surface area (Å²) in [5.74, 6) is 2.19. The summed E-state index contributed by atoms with van der Waals surface area (Å²) in [6.45, 7) is 2.29. The minimum atomic E-state index is 0.334. The molecule has 0 spiro atoms. The molecule has 0 aliphatic heterocycles. The molecule has 0 saturated carbocycles. The fourth-order valence-electron chi connectivity index (χ4n) is 12.9. The van der Waals surface area contributed by atoms with Crippen molar-refractivity contribution in [3.8, 4) is 67.8 Å². The van der Waals surface area contributed by atoms with E-state index in [-0.39, 0.29) is 0 Å². The molecule has 79 heavy (non-hydrogen) atoms. The lowest BCUT2D eigenvalue weighted by Crippen LogP contribution is -2.13.